The molecule has 86 valence electrons. The van der Waals surface area contributed by atoms with Crippen LogP contribution in [-0.2, 0) is 0 Å². The van der Waals surface area contributed by atoms with Crippen LogP contribution < -0.4 is 0 Å². The monoisotopic (exact) mass is 225 g/mol. The van der Waals surface area contributed by atoms with Crippen LogP contribution in [0, 0.1) is 0 Å². The summed E-state index contributed by atoms with van der Waals surface area (Å²) in [7, 11) is 0. The zero-order chi connectivity index (χ0) is 12.2. The number of fused-ring (bicyclic) bond motifs is 3. The Kier molecular flexibility index (Phi) is 1.94. The van der Waals surface area contributed by atoms with Crippen molar-refractivity contribution < 1.29 is 4.79 Å². The highest BCUT2D eigenvalue weighted by Crippen LogP contribution is 2.38. The van der Waals surface area contributed by atoms with Crippen molar-refractivity contribution in [2.45, 2.75) is 32.7 Å². The molecular formula is C15H15NO. The number of benzene rings is 1. The van der Waals surface area contributed by atoms with Gasteiger partial charge in [-0.3, -0.25) is 9.79 Å². The molecule has 0 unspecified atom stereocenters. The van der Waals surface area contributed by atoms with Crippen LogP contribution in [0.3, 0.4) is 0 Å². The van der Waals surface area contributed by atoms with Crippen LogP contribution in [0.15, 0.2) is 40.4 Å². The molecule has 1 aromatic carbocycles. The molecule has 2 nitrogen and oxygen atoms in total. The normalized spacial score (nSPS) is 21.1. The highest BCUT2D eigenvalue weighted by Gasteiger charge is 2.36. The maximum absolute atomic E-state index is 12.3. The first-order valence-electron chi connectivity index (χ1n) is 5.94. The van der Waals surface area contributed by atoms with Crippen molar-refractivity contribution in [3.8, 4) is 0 Å². The molecule has 2 aliphatic rings. The van der Waals surface area contributed by atoms with E-state index in [1.165, 1.54) is 0 Å². The molecule has 0 atom stereocenters. The van der Waals surface area contributed by atoms with Crippen molar-refractivity contribution in [1.82, 2.24) is 0 Å². The zero-order valence-electron chi connectivity index (χ0n) is 10.4. The summed E-state index contributed by atoms with van der Waals surface area (Å²) in [5, 5.41) is 0. The summed E-state index contributed by atoms with van der Waals surface area (Å²) in [6, 6.07) is 7.78. The lowest BCUT2D eigenvalue weighted by Gasteiger charge is -2.18. The first kappa shape index (κ1) is 10.5. The van der Waals surface area contributed by atoms with E-state index in [4.69, 9.17) is 4.99 Å². The third kappa shape index (κ3) is 1.40. The van der Waals surface area contributed by atoms with Gasteiger partial charge in [-0.15, -0.1) is 0 Å². The summed E-state index contributed by atoms with van der Waals surface area (Å²) in [6.45, 7) is 6.15. The van der Waals surface area contributed by atoms with E-state index in [0.717, 1.165) is 34.4 Å². The lowest BCUT2D eigenvalue weighted by molar-refractivity contribution is 0.103. The van der Waals surface area contributed by atoms with Crippen molar-refractivity contribution in [2.24, 2.45) is 4.99 Å². The molecule has 0 saturated carbocycles. The van der Waals surface area contributed by atoms with Gasteiger partial charge in [0, 0.05) is 16.7 Å². The summed E-state index contributed by atoms with van der Waals surface area (Å²) in [5.74, 6) is 0.159. The largest absolute Gasteiger partial charge is 0.289 e. The minimum absolute atomic E-state index is 0.0797. The van der Waals surface area contributed by atoms with E-state index in [1.807, 2.05) is 31.2 Å². The van der Waals surface area contributed by atoms with Gasteiger partial charge in [0.1, 0.15) is 0 Å². The van der Waals surface area contributed by atoms with E-state index in [9.17, 15) is 4.79 Å². The van der Waals surface area contributed by atoms with Crippen molar-refractivity contribution in [1.29, 1.82) is 0 Å². The Bertz CT molecular complexity index is 591. The highest BCUT2D eigenvalue weighted by molar-refractivity contribution is 6.29. The lowest BCUT2D eigenvalue weighted by atomic mass is 9.82. The van der Waals surface area contributed by atoms with Crippen molar-refractivity contribution >= 4 is 11.5 Å². The number of carbonyl (C=O) groups is 1. The van der Waals surface area contributed by atoms with E-state index < -0.39 is 0 Å². The van der Waals surface area contributed by atoms with E-state index in [2.05, 4.69) is 13.8 Å². The molecule has 2 heteroatoms. The fraction of sp³-hybridized carbons (Fsp3) is 0.333. The van der Waals surface area contributed by atoms with Crippen molar-refractivity contribution in [3.63, 3.8) is 0 Å². The number of allylic oxidation sites excluding steroid dienone is 1. The molecule has 3 rings (SSSR count). The summed E-state index contributed by atoms with van der Waals surface area (Å²) < 4.78 is 0. The Labute approximate surface area is 101 Å². The number of hydrogen-bond donors (Lipinski definition) is 0. The van der Waals surface area contributed by atoms with Gasteiger partial charge < -0.3 is 0 Å². The van der Waals surface area contributed by atoms with Crippen molar-refractivity contribution in [3.05, 3.63) is 46.5 Å². The van der Waals surface area contributed by atoms with E-state index in [0.29, 0.717) is 0 Å². The van der Waals surface area contributed by atoms with Crippen LogP contribution >= 0.6 is 0 Å². The van der Waals surface area contributed by atoms with E-state index >= 15 is 0 Å². The van der Waals surface area contributed by atoms with Gasteiger partial charge >= 0.3 is 0 Å². The van der Waals surface area contributed by atoms with Gasteiger partial charge in [0.05, 0.1) is 11.3 Å². The molecule has 1 aliphatic carbocycles. The average molecular weight is 225 g/mol. The van der Waals surface area contributed by atoms with Gasteiger partial charge in [0.15, 0.2) is 5.78 Å². The van der Waals surface area contributed by atoms with E-state index in [-0.39, 0.29) is 11.3 Å². The molecule has 0 bridgehead atoms. The molecular weight excluding hydrogens is 210 g/mol. The van der Waals surface area contributed by atoms with Gasteiger partial charge in [-0.1, -0.05) is 24.3 Å². The van der Waals surface area contributed by atoms with Crippen LogP contribution in [0.4, 0.5) is 0 Å². The number of rotatable bonds is 0. The first-order valence-corrected chi connectivity index (χ1v) is 5.94. The Hall–Kier alpha value is -1.70. The van der Waals surface area contributed by atoms with Crippen LogP contribution in [0.5, 0.6) is 0 Å². The molecule has 0 spiro atoms. The minimum Gasteiger partial charge on any atom is -0.289 e. The number of carbonyl (C=O) groups excluding carboxylic acids is 1. The molecule has 0 N–H and O–H groups in total. The second-order valence-electron chi connectivity index (χ2n) is 5.43. The second kappa shape index (κ2) is 3.16. The molecule has 1 heterocycles. The average Bonchev–Trinajstić information content (AvgIpc) is 2.62. The number of Topliss-reactive ketones (excluding diaryl/α,β-unsaturated/α-hetero) is 1. The molecule has 1 aliphatic heterocycles. The predicted octanol–water partition coefficient (Wildman–Crippen LogP) is 3.17. The smallest absolute Gasteiger partial charge is 0.189 e. The maximum atomic E-state index is 12.3. The highest BCUT2D eigenvalue weighted by atomic mass is 16.1. The van der Waals surface area contributed by atoms with Crippen molar-refractivity contribution in [2.75, 3.05) is 0 Å². The number of ketones is 1. The third-order valence-electron chi connectivity index (χ3n) is 3.53. The van der Waals surface area contributed by atoms with E-state index in [1.54, 1.807) is 0 Å². The topological polar surface area (TPSA) is 29.4 Å². The van der Waals surface area contributed by atoms with Gasteiger partial charge in [0.25, 0.3) is 0 Å². The Morgan fingerprint density at radius 1 is 1.18 bits per heavy atom. The molecule has 17 heavy (non-hydrogen) atoms. The number of nitrogens with zero attached hydrogens (tertiary/aromatic N) is 1. The second-order valence-corrected chi connectivity index (χ2v) is 5.43. The van der Waals surface area contributed by atoms with Crippen LogP contribution in [-0.4, -0.2) is 17.0 Å². The lowest BCUT2D eigenvalue weighted by Crippen LogP contribution is -2.19. The van der Waals surface area contributed by atoms with Gasteiger partial charge in [-0.05, 0) is 32.8 Å². The fourth-order valence-corrected chi connectivity index (χ4v) is 2.69. The van der Waals surface area contributed by atoms with Gasteiger partial charge in [-0.25, -0.2) is 0 Å². The molecule has 0 saturated heterocycles. The molecule has 0 amide bonds. The van der Waals surface area contributed by atoms with Crippen LogP contribution in [0.1, 0.15) is 43.1 Å². The summed E-state index contributed by atoms with van der Waals surface area (Å²) in [4.78, 5) is 17.0. The summed E-state index contributed by atoms with van der Waals surface area (Å²) in [6.07, 6.45) is 0.869. The predicted molar refractivity (Wildman–Crippen MR) is 68.7 cm³/mol. The minimum atomic E-state index is -0.0797. The first-order chi connectivity index (χ1) is 7.99. The standard InChI is InChI=1S/C15H15NO/c1-9-12-8-15(2,3)16-13(12)10-6-4-5-7-11(10)14(9)17/h4-7H,8H2,1-3H3. The zero-order valence-corrected chi connectivity index (χ0v) is 10.4. The molecule has 0 radical (unpaired) electrons. The summed E-state index contributed by atoms with van der Waals surface area (Å²) in [5.41, 5.74) is 4.76. The third-order valence-corrected chi connectivity index (χ3v) is 3.53. The maximum Gasteiger partial charge on any atom is 0.189 e. The van der Waals surface area contributed by atoms with Gasteiger partial charge in [0.2, 0.25) is 0 Å². The summed E-state index contributed by atoms with van der Waals surface area (Å²) >= 11 is 0. The van der Waals surface area contributed by atoms with Gasteiger partial charge in [-0.2, -0.15) is 0 Å². The molecule has 1 aromatic rings. The quantitative estimate of drug-likeness (QED) is 0.666. The number of aliphatic imine (C=N–C) groups is 1. The Morgan fingerprint density at radius 2 is 1.82 bits per heavy atom. The fourth-order valence-electron chi connectivity index (χ4n) is 2.69. The number of hydrogen-bond acceptors (Lipinski definition) is 2. The Morgan fingerprint density at radius 3 is 2.53 bits per heavy atom. The van der Waals surface area contributed by atoms with Crippen LogP contribution in [0.2, 0.25) is 0 Å². The molecule has 0 fully saturated rings. The molecule has 0 aromatic heterocycles. The SMILES string of the molecule is CC1=C2CC(C)(C)N=C2c2ccccc2C1=O. The van der Waals surface area contributed by atoms with Crippen LogP contribution in [0.25, 0.3) is 0 Å². The Balaban J connectivity index is 2.31.